The topological polar surface area (TPSA) is 100 Å². The van der Waals surface area contributed by atoms with Crippen LogP contribution in [0.3, 0.4) is 0 Å². The van der Waals surface area contributed by atoms with Crippen LogP contribution in [0.25, 0.3) is 0 Å². The van der Waals surface area contributed by atoms with E-state index in [4.69, 9.17) is 18.9 Å². The van der Waals surface area contributed by atoms with Gasteiger partial charge >= 0.3 is 6.09 Å². The zero-order chi connectivity index (χ0) is 24.6. The van der Waals surface area contributed by atoms with Crippen LogP contribution in [0.1, 0.15) is 59.9 Å². The molecule has 0 aliphatic heterocycles. The van der Waals surface area contributed by atoms with Crippen molar-refractivity contribution in [2.75, 3.05) is 20.8 Å². The fourth-order valence-corrected chi connectivity index (χ4v) is 2.83. The molecule has 1 aromatic carbocycles. The minimum absolute atomic E-state index is 0.0189. The van der Waals surface area contributed by atoms with Gasteiger partial charge in [0.2, 0.25) is 0 Å². The molecule has 180 valence electrons. The summed E-state index contributed by atoms with van der Waals surface area (Å²) in [6.45, 7) is 10.7. The summed E-state index contributed by atoms with van der Waals surface area (Å²) in [7, 11) is 3.09. The van der Waals surface area contributed by atoms with Crippen molar-refractivity contribution in [1.82, 2.24) is 5.32 Å². The number of amides is 1. The van der Waals surface area contributed by atoms with E-state index >= 15 is 0 Å². The summed E-state index contributed by atoms with van der Waals surface area (Å²) in [6.07, 6.45) is 0.0688. The SMILES string of the molecule is COc1ccc(COC[C@](C=O)(CCC(=O)C(C)(C)C)NC(=O)OC(C)(C)C)cc1OC. The molecule has 1 N–H and O–H groups in total. The molecule has 0 aliphatic carbocycles. The predicted octanol–water partition coefficient (Wildman–Crippen LogP) is 4.08. The lowest BCUT2D eigenvalue weighted by atomic mass is 9.84. The molecule has 0 heterocycles. The number of ketones is 1. The van der Waals surface area contributed by atoms with E-state index in [1.54, 1.807) is 40.0 Å². The molecule has 8 heteroatoms. The van der Waals surface area contributed by atoms with Gasteiger partial charge in [-0.25, -0.2) is 4.79 Å². The van der Waals surface area contributed by atoms with Crippen molar-refractivity contribution < 1.29 is 33.3 Å². The standard InChI is InChI=1S/C24H37NO7/c1-22(2,3)20(27)11-12-24(15-26,25-21(28)32-23(4,5)6)16-31-14-17-9-10-18(29-7)19(13-17)30-8/h9-10,13,15H,11-12,14,16H2,1-8H3,(H,25,28)/t24-/m1/s1. The zero-order valence-corrected chi connectivity index (χ0v) is 20.5. The summed E-state index contributed by atoms with van der Waals surface area (Å²) in [6, 6.07) is 5.34. The fraction of sp³-hybridized carbons (Fsp3) is 0.625. The normalized spacial score (nSPS) is 13.6. The van der Waals surface area contributed by atoms with Gasteiger partial charge in [-0.05, 0) is 44.9 Å². The molecule has 1 amide bonds. The quantitative estimate of drug-likeness (QED) is 0.506. The van der Waals surface area contributed by atoms with Gasteiger partial charge in [0.25, 0.3) is 0 Å². The van der Waals surface area contributed by atoms with Crippen LogP contribution in [0.5, 0.6) is 11.5 Å². The first-order chi connectivity index (χ1) is 14.7. The average molecular weight is 452 g/mol. The highest BCUT2D eigenvalue weighted by Crippen LogP contribution is 2.28. The molecule has 1 aromatic rings. The largest absolute Gasteiger partial charge is 0.493 e. The number of carbonyl (C=O) groups is 3. The Morgan fingerprint density at radius 2 is 1.62 bits per heavy atom. The Labute approximate surface area is 190 Å². The first kappa shape index (κ1) is 27.4. The second-order valence-electron chi connectivity index (χ2n) is 9.76. The molecular weight excluding hydrogens is 414 g/mol. The number of methoxy groups -OCH3 is 2. The van der Waals surface area contributed by atoms with Gasteiger partial charge in [0.1, 0.15) is 23.2 Å². The van der Waals surface area contributed by atoms with Gasteiger partial charge in [-0.3, -0.25) is 4.79 Å². The Balaban J connectivity index is 2.96. The molecule has 1 atom stereocenters. The Morgan fingerprint density at radius 3 is 2.12 bits per heavy atom. The van der Waals surface area contributed by atoms with E-state index in [0.29, 0.717) is 17.8 Å². The smallest absolute Gasteiger partial charge is 0.408 e. The van der Waals surface area contributed by atoms with Crippen LogP contribution in [-0.4, -0.2) is 50.1 Å². The van der Waals surface area contributed by atoms with E-state index in [2.05, 4.69) is 5.32 Å². The Hall–Kier alpha value is -2.61. The van der Waals surface area contributed by atoms with E-state index in [1.807, 2.05) is 26.8 Å². The molecule has 0 spiro atoms. The van der Waals surface area contributed by atoms with Gasteiger partial charge < -0.3 is 29.1 Å². The van der Waals surface area contributed by atoms with Gasteiger partial charge in [0, 0.05) is 11.8 Å². The highest BCUT2D eigenvalue weighted by Gasteiger charge is 2.36. The first-order valence-electron chi connectivity index (χ1n) is 10.5. The molecule has 32 heavy (non-hydrogen) atoms. The summed E-state index contributed by atoms with van der Waals surface area (Å²) < 4.78 is 21.6. The van der Waals surface area contributed by atoms with Crippen molar-refractivity contribution in [3.05, 3.63) is 23.8 Å². The van der Waals surface area contributed by atoms with Gasteiger partial charge in [0.05, 0.1) is 27.4 Å². The van der Waals surface area contributed by atoms with E-state index in [0.717, 1.165) is 5.56 Å². The molecule has 8 nitrogen and oxygen atoms in total. The third kappa shape index (κ3) is 8.86. The summed E-state index contributed by atoms with van der Waals surface area (Å²) in [5.74, 6) is 1.12. The molecular formula is C24H37NO7. The van der Waals surface area contributed by atoms with E-state index < -0.39 is 22.6 Å². The maximum Gasteiger partial charge on any atom is 0.408 e. The lowest BCUT2D eigenvalue weighted by Gasteiger charge is -2.31. The van der Waals surface area contributed by atoms with E-state index in [-0.39, 0.29) is 31.8 Å². The molecule has 0 radical (unpaired) electrons. The maximum atomic E-state index is 12.4. The number of hydrogen-bond acceptors (Lipinski definition) is 7. The molecule has 0 saturated carbocycles. The lowest BCUT2D eigenvalue weighted by Crippen LogP contribution is -2.55. The van der Waals surface area contributed by atoms with Crippen LogP contribution in [0.2, 0.25) is 0 Å². The van der Waals surface area contributed by atoms with Crippen LogP contribution in [0.15, 0.2) is 18.2 Å². The summed E-state index contributed by atoms with van der Waals surface area (Å²) in [5.41, 5.74) is -1.90. The number of aldehydes is 1. The molecule has 0 bridgehead atoms. The molecule has 0 fully saturated rings. The van der Waals surface area contributed by atoms with Gasteiger partial charge in [0.15, 0.2) is 11.5 Å². The molecule has 0 aromatic heterocycles. The first-order valence-corrected chi connectivity index (χ1v) is 10.5. The van der Waals surface area contributed by atoms with Gasteiger partial charge in [-0.1, -0.05) is 26.8 Å². The summed E-state index contributed by atoms with van der Waals surface area (Å²) in [5, 5.41) is 2.62. The number of Topliss-reactive ketones (excluding diaryl/α,β-unsaturated/α-hetero) is 1. The highest BCUT2D eigenvalue weighted by molar-refractivity contribution is 5.85. The Morgan fingerprint density at radius 1 is 1.00 bits per heavy atom. The van der Waals surface area contributed by atoms with E-state index in [1.165, 1.54) is 7.11 Å². The number of nitrogens with one attached hydrogen (secondary N) is 1. The zero-order valence-electron chi connectivity index (χ0n) is 20.5. The lowest BCUT2D eigenvalue weighted by molar-refractivity contribution is -0.127. The fourth-order valence-electron chi connectivity index (χ4n) is 2.83. The van der Waals surface area contributed by atoms with Crippen molar-refractivity contribution in [2.24, 2.45) is 5.41 Å². The number of benzene rings is 1. The number of hydrogen-bond donors (Lipinski definition) is 1. The minimum atomic E-state index is -1.40. The predicted molar refractivity (Wildman–Crippen MR) is 121 cm³/mol. The third-order valence-electron chi connectivity index (χ3n) is 4.69. The van der Waals surface area contributed by atoms with Gasteiger partial charge in [-0.2, -0.15) is 0 Å². The van der Waals surface area contributed by atoms with Crippen molar-refractivity contribution >= 4 is 18.2 Å². The Bertz CT molecular complexity index is 793. The summed E-state index contributed by atoms with van der Waals surface area (Å²) >= 11 is 0. The van der Waals surface area contributed by atoms with Crippen molar-refractivity contribution in [3.63, 3.8) is 0 Å². The van der Waals surface area contributed by atoms with Crippen LogP contribution in [0, 0.1) is 5.41 Å². The number of ether oxygens (including phenoxy) is 4. The van der Waals surface area contributed by atoms with Crippen molar-refractivity contribution in [1.29, 1.82) is 0 Å². The minimum Gasteiger partial charge on any atom is -0.493 e. The Kier molecular flexibility index (Phi) is 9.70. The molecule has 0 unspecified atom stereocenters. The van der Waals surface area contributed by atoms with Crippen LogP contribution >= 0.6 is 0 Å². The van der Waals surface area contributed by atoms with Crippen molar-refractivity contribution in [3.8, 4) is 11.5 Å². The number of carbonyl (C=O) groups excluding carboxylic acids is 3. The number of rotatable bonds is 11. The number of alkyl carbamates (subject to hydrolysis) is 1. The second kappa shape index (κ2) is 11.3. The second-order valence-corrected chi connectivity index (χ2v) is 9.76. The van der Waals surface area contributed by atoms with Gasteiger partial charge in [-0.15, -0.1) is 0 Å². The molecule has 0 saturated heterocycles. The average Bonchev–Trinajstić information content (AvgIpc) is 2.69. The third-order valence-corrected chi connectivity index (χ3v) is 4.69. The van der Waals surface area contributed by atoms with Crippen LogP contribution in [-0.2, 0) is 25.7 Å². The van der Waals surface area contributed by atoms with Crippen LogP contribution < -0.4 is 14.8 Å². The monoisotopic (exact) mass is 451 g/mol. The van der Waals surface area contributed by atoms with Crippen molar-refractivity contribution in [2.45, 2.75) is 72.1 Å². The summed E-state index contributed by atoms with van der Waals surface area (Å²) in [4.78, 5) is 37.0. The van der Waals surface area contributed by atoms with Crippen LogP contribution in [0.4, 0.5) is 4.79 Å². The highest BCUT2D eigenvalue weighted by atomic mass is 16.6. The molecule has 1 rings (SSSR count). The van der Waals surface area contributed by atoms with E-state index in [9.17, 15) is 14.4 Å². The molecule has 0 aliphatic rings. The maximum absolute atomic E-state index is 12.4.